The number of halogens is 1. The molecule has 0 amide bonds. The molecule has 1 aromatic heterocycles. The van der Waals surface area contributed by atoms with Gasteiger partial charge in [-0.15, -0.1) is 11.3 Å². The number of hydrogen-bond acceptors (Lipinski definition) is 3. The highest BCUT2D eigenvalue weighted by Gasteiger charge is 2.19. The van der Waals surface area contributed by atoms with Crippen LogP contribution in [0.15, 0.2) is 15.9 Å². The minimum Gasteiger partial charge on any atom is -0.314 e. The first-order valence-corrected chi connectivity index (χ1v) is 8.14. The fourth-order valence-corrected chi connectivity index (χ4v) is 3.80. The van der Waals surface area contributed by atoms with Crippen molar-refractivity contribution in [2.24, 2.45) is 0 Å². The SMILES string of the molecule is CCCNC1CCN(Cc2sccc2Br)CC1. The number of nitrogens with one attached hydrogen (secondary N) is 1. The molecule has 4 heteroatoms. The second kappa shape index (κ2) is 6.88. The molecule has 0 radical (unpaired) electrons. The van der Waals surface area contributed by atoms with Gasteiger partial charge in [0.2, 0.25) is 0 Å². The van der Waals surface area contributed by atoms with E-state index in [4.69, 9.17) is 0 Å². The van der Waals surface area contributed by atoms with Crippen LogP contribution in [0.25, 0.3) is 0 Å². The normalized spacial score (nSPS) is 18.7. The van der Waals surface area contributed by atoms with E-state index in [-0.39, 0.29) is 0 Å². The summed E-state index contributed by atoms with van der Waals surface area (Å²) in [7, 11) is 0. The molecular weight excluding hydrogens is 296 g/mol. The summed E-state index contributed by atoms with van der Waals surface area (Å²) in [5, 5.41) is 5.79. The van der Waals surface area contributed by atoms with Gasteiger partial charge in [-0.3, -0.25) is 4.90 Å². The molecule has 2 nitrogen and oxygen atoms in total. The van der Waals surface area contributed by atoms with Crippen LogP contribution in [-0.4, -0.2) is 30.6 Å². The Hall–Kier alpha value is 0.100. The zero-order valence-corrected chi connectivity index (χ0v) is 12.8. The highest BCUT2D eigenvalue weighted by molar-refractivity contribution is 9.10. The molecule has 0 spiro atoms. The Morgan fingerprint density at radius 3 is 2.82 bits per heavy atom. The van der Waals surface area contributed by atoms with E-state index < -0.39 is 0 Å². The Kier molecular flexibility index (Phi) is 5.48. The highest BCUT2D eigenvalue weighted by Crippen LogP contribution is 2.25. The first kappa shape index (κ1) is 13.5. The molecule has 0 aliphatic carbocycles. The largest absolute Gasteiger partial charge is 0.314 e. The maximum atomic E-state index is 3.63. The maximum Gasteiger partial charge on any atom is 0.0339 e. The van der Waals surface area contributed by atoms with Crippen molar-refractivity contribution in [1.29, 1.82) is 0 Å². The van der Waals surface area contributed by atoms with E-state index >= 15 is 0 Å². The third kappa shape index (κ3) is 4.05. The van der Waals surface area contributed by atoms with Crippen molar-refractivity contribution in [1.82, 2.24) is 10.2 Å². The number of hydrogen-bond donors (Lipinski definition) is 1. The molecule has 1 aliphatic rings. The predicted octanol–water partition coefficient (Wildman–Crippen LogP) is 3.47. The van der Waals surface area contributed by atoms with Crippen LogP contribution in [0.2, 0.25) is 0 Å². The Labute approximate surface area is 117 Å². The van der Waals surface area contributed by atoms with Crippen LogP contribution in [-0.2, 0) is 6.54 Å². The number of likely N-dealkylation sites (tertiary alicyclic amines) is 1. The van der Waals surface area contributed by atoms with Gasteiger partial charge in [-0.05, 0) is 66.3 Å². The minimum absolute atomic E-state index is 0.748. The zero-order chi connectivity index (χ0) is 12.1. The van der Waals surface area contributed by atoms with Crippen LogP contribution < -0.4 is 5.32 Å². The van der Waals surface area contributed by atoms with E-state index in [9.17, 15) is 0 Å². The Morgan fingerprint density at radius 1 is 1.47 bits per heavy atom. The lowest BCUT2D eigenvalue weighted by molar-refractivity contribution is 0.192. The fraction of sp³-hybridized carbons (Fsp3) is 0.692. The predicted molar refractivity (Wildman–Crippen MR) is 78.6 cm³/mol. The van der Waals surface area contributed by atoms with Crippen LogP contribution in [0, 0.1) is 0 Å². The minimum atomic E-state index is 0.748. The van der Waals surface area contributed by atoms with Gasteiger partial charge in [-0.1, -0.05) is 6.92 Å². The standard InChI is InChI=1S/C13H21BrN2S/c1-2-6-15-11-3-7-16(8-4-11)10-13-12(14)5-9-17-13/h5,9,11,15H,2-4,6-8,10H2,1H3. The quantitative estimate of drug-likeness (QED) is 0.894. The number of piperidine rings is 1. The van der Waals surface area contributed by atoms with E-state index in [0.717, 1.165) is 12.6 Å². The molecule has 0 aromatic carbocycles. The first-order valence-electron chi connectivity index (χ1n) is 6.47. The van der Waals surface area contributed by atoms with E-state index in [1.54, 1.807) is 0 Å². The van der Waals surface area contributed by atoms with Gasteiger partial charge in [0.25, 0.3) is 0 Å². The molecule has 1 aliphatic heterocycles. The molecule has 2 heterocycles. The Morgan fingerprint density at radius 2 is 2.24 bits per heavy atom. The van der Waals surface area contributed by atoms with Crippen LogP contribution >= 0.6 is 27.3 Å². The molecule has 96 valence electrons. The number of rotatable bonds is 5. The summed E-state index contributed by atoms with van der Waals surface area (Å²) in [5.41, 5.74) is 0. The van der Waals surface area contributed by atoms with E-state index in [0.29, 0.717) is 0 Å². The van der Waals surface area contributed by atoms with Crippen molar-refractivity contribution in [2.75, 3.05) is 19.6 Å². The van der Waals surface area contributed by atoms with Gasteiger partial charge < -0.3 is 5.32 Å². The van der Waals surface area contributed by atoms with Gasteiger partial charge in [0, 0.05) is 21.9 Å². The fourth-order valence-electron chi connectivity index (χ4n) is 2.28. The third-order valence-corrected chi connectivity index (χ3v) is 5.24. The number of thiophene rings is 1. The number of nitrogens with zero attached hydrogens (tertiary/aromatic N) is 1. The maximum absolute atomic E-state index is 3.63. The average molecular weight is 317 g/mol. The summed E-state index contributed by atoms with van der Waals surface area (Å²) in [6.07, 6.45) is 3.83. The lowest BCUT2D eigenvalue weighted by Crippen LogP contribution is -2.42. The summed E-state index contributed by atoms with van der Waals surface area (Å²) in [4.78, 5) is 4.03. The van der Waals surface area contributed by atoms with E-state index in [1.165, 1.54) is 48.2 Å². The molecule has 0 saturated carbocycles. The highest BCUT2D eigenvalue weighted by atomic mass is 79.9. The summed E-state index contributed by atoms with van der Waals surface area (Å²) < 4.78 is 1.27. The molecule has 1 aromatic rings. The van der Waals surface area contributed by atoms with Crippen LogP contribution in [0.5, 0.6) is 0 Å². The van der Waals surface area contributed by atoms with E-state index in [2.05, 4.69) is 44.5 Å². The van der Waals surface area contributed by atoms with Gasteiger partial charge in [0.1, 0.15) is 0 Å². The molecule has 1 N–H and O–H groups in total. The molecular formula is C13H21BrN2S. The third-order valence-electron chi connectivity index (χ3n) is 3.33. The molecule has 0 bridgehead atoms. The van der Waals surface area contributed by atoms with Gasteiger partial charge in [0.15, 0.2) is 0 Å². The summed E-state index contributed by atoms with van der Waals surface area (Å²) in [6, 6.07) is 2.90. The molecule has 1 fully saturated rings. The van der Waals surface area contributed by atoms with Crippen LogP contribution in [0.3, 0.4) is 0 Å². The average Bonchev–Trinajstić information content (AvgIpc) is 2.74. The molecule has 0 atom stereocenters. The topological polar surface area (TPSA) is 15.3 Å². The smallest absolute Gasteiger partial charge is 0.0339 e. The second-order valence-corrected chi connectivity index (χ2v) is 6.55. The summed E-state index contributed by atoms with van der Waals surface area (Å²) in [6.45, 7) is 6.97. The molecule has 2 rings (SSSR count). The van der Waals surface area contributed by atoms with Crippen molar-refractivity contribution in [3.05, 3.63) is 20.8 Å². The van der Waals surface area contributed by atoms with Gasteiger partial charge in [-0.25, -0.2) is 0 Å². The lowest BCUT2D eigenvalue weighted by Gasteiger charge is -2.32. The van der Waals surface area contributed by atoms with Crippen molar-refractivity contribution < 1.29 is 0 Å². The lowest BCUT2D eigenvalue weighted by atomic mass is 10.0. The summed E-state index contributed by atoms with van der Waals surface area (Å²) in [5.74, 6) is 0. The van der Waals surface area contributed by atoms with Crippen LogP contribution in [0.4, 0.5) is 0 Å². The second-order valence-electron chi connectivity index (χ2n) is 4.70. The van der Waals surface area contributed by atoms with Crippen molar-refractivity contribution >= 4 is 27.3 Å². The van der Waals surface area contributed by atoms with E-state index in [1.807, 2.05) is 11.3 Å². The van der Waals surface area contributed by atoms with Gasteiger partial charge in [-0.2, -0.15) is 0 Å². The molecule has 0 unspecified atom stereocenters. The van der Waals surface area contributed by atoms with Crippen LogP contribution in [0.1, 0.15) is 31.1 Å². The molecule has 17 heavy (non-hydrogen) atoms. The Bertz CT molecular complexity index is 332. The van der Waals surface area contributed by atoms with Gasteiger partial charge >= 0.3 is 0 Å². The zero-order valence-electron chi connectivity index (χ0n) is 10.4. The molecule has 1 saturated heterocycles. The van der Waals surface area contributed by atoms with Crippen molar-refractivity contribution in [3.63, 3.8) is 0 Å². The summed E-state index contributed by atoms with van der Waals surface area (Å²) >= 11 is 5.46. The monoisotopic (exact) mass is 316 g/mol. The first-order chi connectivity index (χ1) is 8.29. The Balaban J connectivity index is 1.74. The van der Waals surface area contributed by atoms with Crippen molar-refractivity contribution in [3.8, 4) is 0 Å². The van der Waals surface area contributed by atoms with Gasteiger partial charge in [0.05, 0.1) is 0 Å². The van der Waals surface area contributed by atoms with Crippen molar-refractivity contribution in [2.45, 2.75) is 38.8 Å².